The number of halogens is 2. The maximum absolute atomic E-state index is 13.1. The Morgan fingerprint density at radius 3 is 2.48 bits per heavy atom. The molecule has 0 amide bonds. The van der Waals surface area contributed by atoms with E-state index in [1.165, 1.54) is 12.1 Å². The van der Waals surface area contributed by atoms with Gasteiger partial charge in [0.25, 0.3) is 0 Å². The van der Waals surface area contributed by atoms with Gasteiger partial charge in [-0.2, -0.15) is 4.98 Å². The molecule has 1 unspecified atom stereocenters. The highest BCUT2D eigenvalue weighted by Gasteiger charge is 2.30. The fraction of sp³-hybridized carbons (Fsp3) is 0.300. The van der Waals surface area contributed by atoms with Gasteiger partial charge in [-0.1, -0.05) is 41.6 Å². The van der Waals surface area contributed by atoms with Crippen molar-refractivity contribution < 1.29 is 8.91 Å². The maximum atomic E-state index is 13.1. The van der Waals surface area contributed by atoms with E-state index in [2.05, 4.69) is 15.0 Å². The van der Waals surface area contributed by atoms with E-state index in [4.69, 9.17) is 10.3 Å². The number of hydrogen-bond acceptors (Lipinski definition) is 5. The van der Waals surface area contributed by atoms with Gasteiger partial charge in [0, 0.05) is 18.7 Å². The third-order valence-corrected chi connectivity index (χ3v) is 4.84. The number of benzene rings is 2. The third kappa shape index (κ3) is 4.35. The summed E-state index contributed by atoms with van der Waals surface area (Å²) in [4.78, 5) is 6.92. The summed E-state index contributed by atoms with van der Waals surface area (Å²) in [6.07, 6.45) is 2.06. The van der Waals surface area contributed by atoms with Crippen LogP contribution in [0.25, 0.3) is 11.4 Å². The van der Waals surface area contributed by atoms with Crippen molar-refractivity contribution in [2.45, 2.75) is 32.0 Å². The molecular formula is C20H22ClFN4O. The van der Waals surface area contributed by atoms with Crippen molar-refractivity contribution in [1.82, 2.24) is 15.0 Å². The molecule has 0 spiro atoms. The maximum Gasteiger partial charge on any atom is 0.244 e. The largest absolute Gasteiger partial charge is 0.337 e. The van der Waals surface area contributed by atoms with Gasteiger partial charge < -0.3 is 10.3 Å². The zero-order chi connectivity index (χ0) is 17.9. The minimum absolute atomic E-state index is 0. The van der Waals surface area contributed by atoms with Crippen LogP contribution in [-0.4, -0.2) is 21.6 Å². The van der Waals surface area contributed by atoms with Crippen molar-refractivity contribution in [3.05, 3.63) is 71.4 Å². The Morgan fingerprint density at radius 1 is 1.07 bits per heavy atom. The van der Waals surface area contributed by atoms with Gasteiger partial charge in [0.1, 0.15) is 5.82 Å². The minimum atomic E-state index is -0.214. The van der Waals surface area contributed by atoms with E-state index in [1.54, 1.807) is 0 Å². The molecule has 1 fully saturated rings. The molecule has 1 saturated heterocycles. The van der Waals surface area contributed by atoms with Crippen LogP contribution in [0.3, 0.4) is 0 Å². The first-order chi connectivity index (χ1) is 12.7. The Labute approximate surface area is 163 Å². The molecule has 0 bridgehead atoms. The summed E-state index contributed by atoms with van der Waals surface area (Å²) in [5.41, 5.74) is 8.70. The molecule has 1 aromatic heterocycles. The van der Waals surface area contributed by atoms with Crippen LogP contribution in [-0.2, 0) is 13.1 Å². The van der Waals surface area contributed by atoms with E-state index in [9.17, 15) is 4.39 Å². The molecule has 2 N–H and O–H groups in total. The number of rotatable bonds is 5. The van der Waals surface area contributed by atoms with Crippen molar-refractivity contribution in [2.24, 2.45) is 5.73 Å². The van der Waals surface area contributed by atoms with Crippen LogP contribution in [0, 0.1) is 5.82 Å². The summed E-state index contributed by atoms with van der Waals surface area (Å²) in [7, 11) is 0. The Bertz CT molecular complexity index is 866. The van der Waals surface area contributed by atoms with E-state index < -0.39 is 0 Å². The van der Waals surface area contributed by atoms with Gasteiger partial charge in [0.2, 0.25) is 11.7 Å². The second-order valence-electron chi connectivity index (χ2n) is 6.61. The Balaban J connectivity index is 0.00000210. The lowest BCUT2D eigenvalue weighted by Gasteiger charge is -2.21. The predicted octanol–water partition coefficient (Wildman–Crippen LogP) is 4.09. The lowest BCUT2D eigenvalue weighted by atomic mass is 10.1. The van der Waals surface area contributed by atoms with Crippen molar-refractivity contribution in [3.8, 4) is 11.4 Å². The van der Waals surface area contributed by atoms with E-state index in [-0.39, 0.29) is 24.3 Å². The molecule has 0 radical (unpaired) electrons. The minimum Gasteiger partial charge on any atom is -0.337 e. The summed E-state index contributed by atoms with van der Waals surface area (Å²) in [6, 6.07) is 14.6. The molecule has 5 nitrogen and oxygen atoms in total. The molecule has 1 aliphatic heterocycles. The number of likely N-dealkylation sites (tertiary alicyclic amines) is 1. The third-order valence-electron chi connectivity index (χ3n) is 4.84. The van der Waals surface area contributed by atoms with Crippen LogP contribution in [0.15, 0.2) is 53.1 Å². The van der Waals surface area contributed by atoms with Gasteiger partial charge in [0.05, 0.1) is 6.04 Å². The highest BCUT2D eigenvalue weighted by atomic mass is 35.5. The van der Waals surface area contributed by atoms with Crippen LogP contribution < -0.4 is 5.73 Å². The van der Waals surface area contributed by atoms with Crippen molar-refractivity contribution in [1.29, 1.82) is 0 Å². The Kier molecular flexibility index (Phi) is 6.21. The first-order valence-corrected chi connectivity index (χ1v) is 8.84. The first kappa shape index (κ1) is 19.5. The zero-order valence-corrected chi connectivity index (χ0v) is 15.7. The van der Waals surface area contributed by atoms with Gasteiger partial charge in [-0.15, -0.1) is 12.4 Å². The van der Waals surface area contributed by atoms with Gasteiger partial charge in [-0.05, 0) is 42.6 Å². The highest BCUT2D eigenvalue weighted by molar-refractivity contribution is 5.85. The van der Waals surface area contributed by atoms with Crippen LogP contribution in [0.2, 0.25) is 0 Å². The molecular weight excluding hydrogens is 367 g/mol. The SMILES string of the molecule is Cl.NCc1ccc(-c2noc(C3CCCN3Cc3ccc(F)cc3)n2)cc1. The number of nitrogens with two attached hydrogens (primary N) is 1. The molecule has 1 aliphatic rings. The average molecular weight is 389 g/mol. The van der Waals surface area contributed by atoms with Crippen LogP contribution in [0.5, 0.6) is 0 Å². The highest BCUT2D eigenvalue weighted by Crippen LogP contribution is 2.33. The van der Waals surface area contributed by atoms with Gasteiger partial charge in [0.15, 0.2) is 0 Å². The number of hydrogen-bond donors (Lipinski definition) is 1. The summed E-state index contributed by atoms with van der Waals surface area (Å²) >= 11 is 0. The van der Waals surface area contributed by atoms with E-state index in [0.717, 1.165) is 42.6 Å². The van der Waals surface area contributed by atoms with E-state index >= 15 is 0 Å². The summed E-state index contributed by atoms with van der Waals surface area (Å²) in [6.45, 7) is 2.22. The fourth-order valence-corrected chi connectivity index (χ4v) is 3.40. The normalized spacial score (nSPS) is 17.0. The monoisotopic (exact) mass is 388 g/mol. The molecule has 142 valence electrons. The molecule has 4 rings (SSSR count). The summed E-state index contributed by atoms with van der Waals surface area (Å²) in [5, 5.41) is 4.15. The summed E-state index contributed by atoms with van der Waals surface area (Å²) < 4.78 is 18.7. The Hall–Kier alpha value is -2.28. The second kappa shape index (κ2) is 8.61. The molecule has 7 heteroatoms. The quantitative estimate of drug-likeness (QED) is 0.712. The van der Waals surface area contributed by atoms with Crippen LogP contribution >= 0.6 is 12.4 Å². The number of aromatic nitrogens is 2. The average Bonchev–Trinajstić information content (AvgIpc) is 3.33. The van der Waals surface area contributed by atoms with Crippen molar-refractivity contribution >= 4 is 12.4 Å². The van der Waals surface area contributed by atoms with Gasteiger partial charge in [-0.3, -0.25) is 4.90 Å². The van der Waals surface area contributed by atoms with Gasteiger partial charge in [-0.25, -0.2) is 4.39 Å². The van der Waals surface area contributed by atoms with Crippen molar-refractivity contribution in [2.75, 3.05) is 6.54 Å². The first-order valence-electron chi connectivity index (χ1n) is 8.84. The lowest BCUT2D eigenvalue weighted by Crippen LogP contribution is -2.23. The van der Waals surface area contributed by atoms with E-state index in [0.29, 0.717) is 18.3 Å². The molecule has 3 aromatic rings. The lowest BCUT2D eigenvalue weighted by molar-refractivity contribution is 0.201. The standard InChI is InChI=1S/C20H21FN4O.ClH/c21-17-9-5-15(6-10-17)13-25-11-1-2-18(25)20-23-19(24-26-20)16-7-3-14(12-22)4-8-16;/h3-10,18H,1-2,11-13,22H2;1H. The molecule has 2 heterocycles. The van der Waals surface area contributed by atoms with Gasteiger partial charge >= 0.3 is 0 Å². The molecule has 27 heavy (non-hydrogen) atoms. The molecule has 2 aromatic carbocycles. The second-order valence-corrected chi connectivity index (χ2v) is 6.61. The molecule has 1 atom stereocenters. The topological polar surface area (TPSA) is 68.2 Å². The van der Waals surface area contributed by atoms with E-state index in [1.807, 2.05) is 36.4 Å². The van der Waals surface area contributed by atoms with Crippen LogP contribution in [0.4, 0.5) is 4.39 Å². The Morgan fingerprint density at radius 2 is 1.78 bits per heavy atom. The number of nitrogens with zero attached hydrogens (tertiary/aromatic N) is 3. The molecule has 0 saturated carbocycles. The van der Waals surface area contributed by atoms with Crippen molar-refractivity contribution in [3.63, 3.8) is 0 Å². The molecule has 0 aliphatic carbocycles. The smallest absolute Gasteiger partial charge is 0.244 e. The predicted molar refractivity (Wildman–Crippen MR) is 104 cm³/mol. The van der Waals surface area contributed by atoms with Crippen LogP contribution in [0.1, 0.15) is 35.9 Å². The summed E-state index contributed by atoms with van der Waals surface area (Å²) in [5.74, 6) is 1.02. The fourth-order valence-electron chi connectivity index (χ4n) is 3.40. The zero-order valence-electron chi connectivity index (χ0n) is 14.8.